The lowest BCUT2D eigenvalue weighted by atomic mass is 10.2. The zero-order chi connectivity index (χ0) is 30.3. The Labute approximate surface area is 251 Å². The molecule has 0 atom stereocenters. The number of benzene rings is 2. The second-order valence-corrected chi connectivity index (χ2v) is 9.64. The molecular formula is C31H29N9O4. The molecule has 0 fully saturated rings. The number of methoxy groups -OCH3 is 1. The maximum atomic E-state index is 12.8. The summed E-state index contributed by atoms with van der Waals surface area (Å²) in [5.41, 5.74) is 2.73. The van der Waals surface area contributed by atoms with E-state index < -0.39 is 5.91 Å². The fraction of sp³-hybridized carbons (Fsp3) is 0.161. The van der Waals surface area contributed by atoms with E-state index >= 15 is 0 Å². The van der Waals surface area contributed by atoms with Crippen LogP contribution in [0, 0.1) is 0 Å². The van der Waals surface area contributed by atoms with Crippen LogP contribution in [0.2, 0.25) is 0 Å². The van der Waals surface area contributed by atoms with Crippen molar-refractivity contribution >= 4 is 46.0 Å². The Morgan fingerprint density at radius 1 is 1.11 bits per heavy atom. The van der Waals surface area contributed by atoms with Crippen molar-refractivity contribution in [1.82, 2.24) is 24.5 Å². The highest BCUT2D eigenvalue weighted by Crippen LogP contribution is 2.37. The Kier molecular flexibility index (Phi) is 8.25. The van der Waals surface area contributed by atoms with Gasteiger partial charge >= 0.3 is 0 Å². The van der Waals surface area contributed by atoms with Gasteiger partial charge in [0.1, 0.15) is 23.8 Å². The molecule has 44 heavy (non-hydrogen) atoms. The number of carbonyl (C=O) groups excluding carboxylic acids is 2. The minimum Gasteiger partial charge on any atom is -0.491 e. The van der Waals surface area contributed by atoms with E-state index in [0.29, 0.717) is 60.3 Å². The third-order valence-electron chi connectivity index (χ3n) is 6.77. The summed E-state index contributed by atoms with van der Waals surface area (Å²) in [6.45, 7) is 2.16. The van der Waals surface area contributed by atoms with E-state index in [2.05, 4.69) is 35.9 Å². The van der Waals surface area contributed by atoms with Crippen molar-refractivity contribution in [3.63, 3.8) is 0 Å². The monoisotopic (exact) mass is 591 g/mol. The standard InChI is InChI=1S/C31H29N9O4/c1-43-28-24(44-18-16-33-21-4-6-22(7-5-21)37-26(41)11-10-25-34-13-14-35-25)9-8-23-27(28)38-31(40-17-15-36-29(23)40)39-30(42)20-3-2-12-32-19-20/h2-14,19,33,36H,15-18H2,1H3,(H,34,35)(H,37,41)/b11-10+,39-31?. The van der Waals surface area contributed by atoms with Gasteiger partial charge in [0.25, 0.3) is 5.91 Å². The number of fused-ring (bicyclic) bond motifs is 3. The number of anilines is 3. The average Bonchev–Trinajstić information content (AvgIpc) is 3.76. The lowest BCUT2D eigenvalue weighted by Crippen LogP contribution is -2.25. The van der Waals surface area contributed by atoms with Gasteiger partial charge in [0.05, 0.1) is 12.7 Å². The van der Waals surface area contributed by atoms with Gasteiger partial charge in [0.15, 0.2) is 11.5 Å². The van der Waals surface area contributed by atoms with Gasteiger partial charge in [-0.3, -0.25) is 19.1 Å². The number of hydrogen-bond donors (Lipinski definition) is 4. The summed E-state index contributed by atoms with van der Waals surface area (Å²) in [4.78, 5) is 45.0. The Morgan fingerprint density at radius 2 is 1.98 bits per heavy atom. The van der Waals surface area contributed by atoms with Crippen molar-refractivity contribution < 1.29 is 19.1 Å². The molecule has 13 heteroatoms. The van der Waals surface area contributed by atoms with E-state index in [9.17, 15) is 9.59 Å². The summed E-state index contributed by atoms with van der Waals surface area (Å²) in [5.74, 6) is 1.70. The molecule has 0 saturated carbocycles. The van der Waals surface area contributed by atoms with Crippen LogP contribution in [0.5, 0.6) is 11.5 Å². The van der Waals surface area contributed by atoms with Crippen LogP contribution in [-0.4, -0.2) is 63.1 Å². The summed E-state index contributed by atoms with van der Waals surface area (Å²) in [5, 5.41) is 10.3. The third kappa shape index (κ3) is 6.26. The number of amides is 2. The first-order chi connectivity index (χ1) is 21.6. The Balaban J connectivity index is 1.12. The molecule has 2 aromatic carbocycles. The number of aromatic nitrogens is 5. The number of imidazole rings is 1. The summed E-state index contributed by atoms with van der Waals surface area (Å²) in [6, 6.07) is 14.5. The van der Waals surface area contributed by atoms with Crippen LogP contribution in [0.15, 0.2) is 84.4 Å². The topological polar surface area (TPSA) is 160 Å². The van der Waals surface area contributed by atoms with Crippen LogP contribution >= 0.6 is 0 Å². The maximum absolute atomic E-state index is 12.8. The summed E-state index contributed by atoms with van der Waals surface area (Å²) < 4.78 is 13.7. The molecule has 0 aliphatic carbocycles. The molecule has 6 rings (SSSR count). The van der Waals surface area contributed by atoms with Crippen LogP contribution in [0.3, 0.4) is 0 Å². The van der Waals surface area contributed by atoms with Crippen molar-refractivity contribution in [1.29, 1.82) is 0 Å². The SMILES string of the molecule is COc1c(OCCNc2ccc(NC(=O)/C=C/c3ncc[nH]3)cc2)ccc2c3n(c(=NC(=O)c4cccnc4)nc12)CCN3. The normalized spacial score (nSPS) is 12.6. The van der Waals surface area contributed by atoms with E-state index in [1.807, 2.05) is 41.0 Å². The molecule has 4 N–H and O–H groups in total. The number of carbonyl (C=O) groups is 2. The minimum atomic E-state index is -0.429. The number of nitrogens with one attached hydrogen (secondary N) is 4. The fourth-order valence-electron chi connectivity index (χ4n) is 4.72. The number of ether oxygens (including phenoxy) is 2. The Hall–Kier alpha value is -5.98. The molecule has 2 amide bonds. The zero-order valence-electron chi connectivity index (χ0n) is 23.8. The van der Waals surface area contributed by atoms with Gasteiger partial charge in [0, 0.05) is 67.3 Å². The summed E-state index contributed by atoms with van der Waals surface area (Å²) in [6.07, 6.45) is 9.41. The van der Waals surface area contributed by atoms with Gasteiger partial charge in [-0.25, -0.2) is 9.97 Å². The smallest absolute Gasteiger partial charge is 0.281 e. The molecule has 0 bridgehead atoms. The van der Waals surface area contributed by atoms with Gasteiger partial charge in [-0.05, 0) is 54.6 Å². The van der Waals surface area contributed by atoms with E-state index in [-0.39, 0.29) is 11.5 Å². The first kappa shape index (κ1) is 28.2. The van der Waals surface area contributed by atoms with Crippen LogP contribution in [0.25, 0.3) is 17.0 Å². The highest BCUT2D eigenvalue weighted by atomic mass is 16.5. The lowest BCUT2D eigenvalue weighted by Gasteiger charge is -2.15. The predicted molar refractivity (Wildman–Crippen MR) is 166 cm³/mol. The molecule has 13 nitrogen and oxygen atoms in total. The second kappa shape index (κ2) is 12.9. The predicted octanol–water partition coefficient (Wildman–Crippen LogP) is 3.47. The van der Waals surface area contributed by atoms with Crippen molar-refractivity contribution in [2.45, 2.75) is 6.54 Å². The molecule has 1 aliphatic heterocycles. The number of aromatic amines is 1. The van der Waals surface area contributed by atoms with Crippen molar-refractivity contribution in [3.8, 4) is 11.5 Å². The number of rotatable bonds is 10. The number of hydrogen-bond acceptors (Lipinski definition) is 9. The Morgan fingerprint density at radius 3 is 2.75 bits per heavy atom. The minimum absolute atomic E-state index is 0.255. The average molecular weight is 592 g/mol. The molecule has 5 aromatic rings. The zero-order valence-corrected chi connectivity index (χ0v) is 23.8. The Bertz CT molecular complexity index is 1880. The van der Waals surface area contributed by atoms with Crippen LogP contribution < -0.4 is 31.0 Å². The first-order valence-electron chi connectivity index (χ1n) is 13.9. The first-order valence-corrected chi connectivity index (χ1v) is 13.9. The molecular weight excluding hydrogens is 562 g/mol. The number of H-pyrrole nitrogens is 1. The fourth-order valence-corrected chi connectivity index (χ4v) is 4.72. The highest BCUT2D eigenvalue weighted by Gasteiger charge is 2.21. The van der Waals surface area contributed by atoms with E-state index in [4.69, 9.17) is 14.5 Å². The highest BCUT2D eigenvalue weighted by molar-refractivity contribution is 6.01. The lowest BCUT2D eigenvalue weighted by molar-refractivity contribution is -0.111. The molecule has 0 saturated heterocycles. The van der Waals surface area contributed by atoms with Gasteiger partial charge in [-0.2, -0.15) is 4.99 Å². The molecule has 0 spiro atoms. The van der Waals surface area contributed by atoms with Gasteiger partial charge in [-0.1, -0.05) is 0 Å². The molecule has 3 aromatic heterocycles. The summed E-state index contributed by atoms with van der Waals surface area (Å²) >= 11 is 0. The number of nitrogens with zero attached hydrogens (tertiary/aromatic N) is 5. The largest absolute Gasteiger partial charge is 0.491 e. The second-order valence-electron chi connectivity index (χ2n) is 9.64. The molecule has 222 valence electrons. The van der Waals surface area contributed by atoms with Gasteiger partial charge in [-0.15, -0.1) is 0 Å². The van der Waals surface area contributed by atoms with Crippen molar-refractivity contribution in [2.24, 2.45) is 4.99 Å². The van der Waals surface area contributed by atoms with Crippen molar-refractivity contribution in [2.75, 3.05) is 42.8 Å². The number of pyridine rings is 1. The van der Waals surface area contributed by atoms with E-state index in [1.165, 1.54) is 12.3 Å². The quantitative estimate of drug-likeness (QED) is 0.141. The molecule has 4 heterocycles. The maximum Gasteiger partial charge on any atom is 0.281 e. The van der Waals surface area contributed by atoms with Crippen LogP contribution in [-0.2, 0) is 11.3 Å². The van der Waals surface area contributed by atoms with Gasteiger partial charge < -0.3 is 30.4 Å². The molecule has 0 unspecified atom stereocenters. The van der Waals surface area contributed by atoms with Crippen LogP contribution in [0.4, 0.5) is 17.2 Å². The molecule has 0 radical (unpaired) electrons. The van der Waals surface area contributed by atoms with Crippen molar-refractivity contribution in [3.05, 3.63) is 96.4 Å². The summed E-state index contributed by atoms with van der Waals surface area (Å²) in [7, 11) is 1.56. The molecule has 1 aliphatic rings. The van der Waals surface area contributed by atoms with Crippen LogP contribution in [0.1, 0.15) is 16.2 Å². The third-order valence-corrected chi connectivity index (χ3v) is 6.77. The van der Waals surface area contributed by atoms with E-state index in [0.717, 1.165) is 16.9 Å². The van der Waals surface area contributed by atoms with E-state index in [1.54, 1.807) is 43.9 Å². The van der Waals surface area contributed by atoms with Gasteiger partial charge in [0.2, 0.25) is 11.5 Å².